The molecule has 0 aliphatic carbocycles. The van der Waals surface area contributed by atoms with Gasteiger partial charge >= 0.3 is 0 Å². The zero-order valence-corrected chi connectivity index (χ0v) is 11.5. The summed E-state index contributed by atoms with van der Waals surface area (Å²) in [6.07, 6.45) is 1.20. The van der Waals surface area contributed by atoms with E-state index < -0.39 is 0 Å². The highest BCUT2D eigenvalue weighted by molar-refractivity contribution is 5.29. The molecule has 96 valence electrons. The highest BCUT2D eigenvalue weighted by Gasteiger charge is 2.13. The van der Waals surface area contributed by atoms with Crippen LogP contribution in [0.4, 0.5) is 0 Å². The first-order valence-electron chi connectivity index (χ1n) is 6.53. The van der Waals surface area contributed by atoms with Crippen LogP contribution in [0, 0.1) is 5.92 Å². The zero-order chi connectivity index (χ0) is 12.7. The van der Waals surface area contributed by atoms with E-state index >= 15 is 0 Å². The lowest BCUT2D eigenvalue weighted by atomic mass is 9.89. The number of nitrogens with one attached hydrogen (secondary N) is 1. The van der Waals surface area contributed by atoms with Crippen LogP contribution < -0.4 is 10.1 Å². The zero-order valence-electron chi connectivity index (χ0n) is 11.5. The van der Waals surface area contributed by atoms with Gasteiger partial charge in [-0.15, -0.1) is 0 Å². The van der Waals surface area contributed by atoms with E-state index in [2.05, 4.69) is 38.2 Å². The maximum absolute atomic E-state index is 5.18. The number of benzene rings is 1. The molecule has 0 amide bonds. The normalized spacial score (nSPS) is 14.4. The summed E-state index contributed by atoms with van der Waals surface area (Å²) in [6, 6.07) is 8.41. The van der Waals surface area contributed by atoms with Crippen LogP contribution in [0.15, 0.2) is 24.3 Å². The molecule has 0 aliphatic rings. The molecular formula is C15H25NO. The van der Waals surface area contributed by atoms with E-state index in [-0.39, 0.29) is 0 Å². The van der Waals surface area contributed by atoms with Crippen molar-refractivity contribution in [1.29, 1.82) is 0 Å². The summed E-state index contributed by atoms with van der Waals surface area (Å²) in [4.78, 5) is 0. The van der Waals surface area contributed by atoms with Crippen molar-refractivity contribution in [3.05, 3.63) is 29.8 Å². The number of methoxy groups -OCH3 is 1. The van der Waals surface area contributed by atoms with Crippen molar-refractivity contribution in [3.8, 4) is 5.75 Å². The molecular weight excluding hydrogens is 210 g/mol. The van der Waals surface area contributed by atoms with E-state index in [4.69, 9.17) is 4.74 Å². The molecule has 0 fully saturated rings. The third-order valence-corrected chi connectivity index (χ3v) is 3.39. The average molecular weight is 235 g/mol. The molecule has 0 saturated heterocycles. The molecule has 1 aromatic rings. The Hall–Kier alpha value is -1.02. The molecule has 1 rings (SSSR count). The maximum atomic E-state index is 5.18. The molecule has 0 aliphatic heterocycles. The first-order valence-corrected chi connectivity index (χ1v) is 6.53. The average Bonchev–Trinajstić information content (AvgIpc) is 2.38. The molecule has 0 saturated carbocycles. The maximum Gasteiger partial charge on any atom is 0.118 e. The third-order valence-electron chi connectivity index (χ3n) is 3.39. The van der Waals surface area contributed by atoms with E-state index in [1.807, 2.05) is 12.1 Å². The van der Waals surface area contributed by atoms with Crippen molar-refractivity contribution in [2.45, 2.75) is 33.1 Å². The summed E-state index contributed by atoms with van der Waals surface area (Å²) in [5.74, 6) is 2.15. The Morgan fingerprint density at radius 3 is 2.35 bits per heavy atom. The van der Waals surface area contributed by atoms with Gasteiger partial charge in [-0.25, -0.2) is 0 Å². The van der Waals surface area contributed by atoms with E-state index in [0.29, 0.717) is 11.8 Å². The SMILES string of the molecule is CCCNCC(C)C(C)c1ccc(OC)cc1. The quantitative estimate of drug-likeness (QED) is 0.731. The molecule has 0 radical (unpaired) electrons. The standard InChI is InChI=1S/C15H25NO/c1-5-10-16-11-12(2)13(3)14-6-8-15(17-4)9-7-14/h6-9,12-13,16H,5,10-11H2,1-4H3. The van der Waals surface area contributed by atoms with Gasteiger partial charge in [-0.1, -0.05) is 32.9 Å². The Morgan fingerprint density at radius 2 is 1.82 bits per heavy atom. The molecule has 2 heteroatoms. The van der Waals surface area contributed by atoms with Gasteiger partial charge in [0.2, 0.25) is 0 Å². The van der Waals surface area contributed by atoms with E-state index in [9.17, 15) is 0 Å². The van der Waals surface area contributed by atoms with Crippen molar-refractivity contribution in [2.75, 3.05) is 20.2 Å². The monoisotopic (exact) mass is 235 g/mol. The Balaban J connectivity index is 2.52. The van der Waals surface area contributed by atoms with Crippen molar-refractivity contribution in [2.24, 2.45) is 5.92 Å². The molecule has 17 heavy (non-hydrogen) atoms. The lowest BCUT2D eigenvalue weighted by Crippen LogP contribution is -2.24. The molecule has 2 nitrogen and oxygen atoms in total. The molecule has 0 heterocycles. The molecule has 0 bridgehead atoms. The summed E-state index contributed by atoms with van der Waals surface area (Å²) in [5, 5.41) is 3.48. The fourth-order valence-corrected chi connectivity index (χ4v) is 1.92. The van der Waals surface area contributed by atoms with Crippen molar-refractivity contribution >= 4 is 0 Å². The van der Waals surface area contributed by atoms with E-state index in [1.54, 1.807) is 7.11 Å². The number of rotatable bonds is 7. The number of hydrogen-bond acceptors (Lipinski definition) is 2. The summed E-state index contributed by atoms with van der Waals surface area (Å²) in [5.41, 5.74) is 1.39. The number of hydrogen-bond donors (Lipinski definition) is 1. The highest BCUT2D eigenvalue weighted by Crippen LogP contribution is 2.25. The minimum atomic E-state index is 0.574. The topological polar surface area (TPSA) is 21.3 Å². The van der Waals surface area contributed by atoms with Crippen molar-refractivity contribution in [1.82, 2.24) is 5.32 Å². The van der Waals surface area contributed by atoms with Gasteiger partial charge in [0, 0.05) is 0 Å². The van der Waals surface area contributed by atoms with Crippen LogP contribution in [0.2, 0.25) is 0 Å². The van der Waals surface area contributed by atoms with Crippen LogP contribution in [0.5, 0.6) is 5.75 Å². The Bertz CT molecular complexity index is 307. The van der Waals surface area contributed by atoms with Crippen LogP contribution in [0.1, 0.15) is 38.7 Å². The largest absolute Gasteiger partial charge is 0.497 e. The van der Waals surface area contributed by atoms with Gasteiger partial charge in [0.15, 0.2) is 0 Å². The second kappa shape index (κ2) is 7.33. The van der Waals surface area contributed by atoms with Gasteiger partial charge in [-0.05, 0) is 49.0 Å². The van der Waals surface area contributed by atoms with Crippen LogP contribution in [-0.2, 0) is 0 Å². The lowest BCUT2D eigenvalue weighted by molar-refractivity contribution is 0.413. The van der Waals surface area contributed by atoms with Crippen molar-refractivity contribution < 1.29 is 4.74 Å². The van der Waals surface area contributed by atoms with Gasteiger partial charge in [0.1, 0.15) is 5.75 Å². The lowest BCUT2D eigenvalue weighted by Gasteiger charge is -2.21. The fourth-order valence-electron chi connectivity index (χ4n) is 1.92. The van der Waals surface area contributed by atoms with Crippen LogP contribution in [0.3, 0.4) is 0 Å². The van der Waals surface area contributed by atoms with Gasteiger partial charge < -0.3 is 10.1 Å². The summed E-state index contributed by atoms with van der Waals surface area (Å²) < 4.78 is 5.18. The smallest absolute Gasteiger partial charge is 0.118 e. The molecule has 2 unspecified atom stereocenters. The molecule has 1 N–H and O–H groups in total. The Labute approximate surface area is 105 Å². The third kappa shape index (κ3) is 4.39. The second-order valence-corrected chi connectivity index (χ2v) is 4.74. The molecule has 2 atom stereocenters. The minimum absolute atomic E-state index is 0.574. The first kappa shape index (κ1) is 14.0. The van der Waals surface area contributed by atoms with E-state index in [0.717, 1.165) is 18.8 Å². The van der Waals surface area contributed by atoms with Crippen LogP contribution >= 0.6 is 0 Å². The first-order chi connectivity index (χ1) is 8.19. The van der Waals surface area contributed by atoms with Gasteiger partial charge in [-0.2, -0.15) is 0 Å². The summed E-state index contributed by atoms with van der Waals surface area (Å²) in [6.45, 7) is 8.99. The van der Waals surface area contributed by atoms with Crippen molar-refractivity contribution in [3.63, 3.8) is 0 Å². The predicted molar refractivity (Wildman–Crippen MR) is 73.7 cm³/mol. The second-order valence-electron chi connectivity index (χ2n) is 4.74. The van der Waals surface area contributed by atoms with Gasteiger partial charge in [0.25, 0.3) is 0 Å². The van der Waals surface area contributed by atoms with Crippen LogP contribution in [0.25, 0.3) is 0 Å². The Morgan fingerprint density at radius 1 is 1.18 bits per heavy atom. The highest BCUT2D eigenvalue weighted by atomic mass is 16.5. The Kier molecular flexibility index (Phi) is 6.06. The number of ether oxygens (including phenoxy) is 1. The van der Waals surface area contributed by atoms with Crippen LogP contribution in [-0.4, -0.2) is 20.2 Å². The molecule has 0 spiro atoms. The van der Waals surface area contributed by atoms with E-state index in [1.165, 1.54) is 12.0 Å². The summed E-state index contributed by atoms with van der Waals surface area (Å²) in [7, 11) is 1.70. The van der Waals surface area contributed by atoms with Gasteiger partial charge in [0.05, 0.1) is 7.11 Å². The van der Waals surface area contributed by atoms with Gasteiger partial charge in [-0.3, -0.25) is 0 Å². The minimum Gasteiger partial charge on any atom is -0.497 e. The molecule has 1 aromatic carbocycles. The predicted octanol–water partition coefficient (Wildman–Crippen LogP) is 3.43. The molecule has 0 aromatic heterocycles. The fraction of sp³-hybridized carbons (Fsp3) is 0.600. The summed E-state index contributed by atoms with van der Waals surface area (Å²) >= 11 is 0.